The Morgan fingerprint density at radius 1 is 0.711 bits per heavy atom. The van der Waals surface area contributed by atoms with Crippen LogP contribution in [0.2, 0.25) is 0 Å². The van der Waals surface area contributed by atoms with Crippen LogP contribution in [0, 0.1) is 0 Å². The van der Waals surface area contributed by atoms with E-state index in [1.54, 1.807) is 0 Å². The van der Waals surface area contributed by atoms with Crippen molar-refractivity contribution < 1.29 is 56.0 Å². The molecule has 2 N–H and O–H groups in total. The zero-order chi connectivity index (χ0) is 24.7. The Hall–Kier alpha value is -2.71. The Morgan fingerprint density at radius 3 is 1.47 bits per heavy atom. The van der Waals surface area contributed by atoms with Crippen LogP contribution in [0.5, 0.6) is 0 Å². The summed E-state index contributed by atoms with van der Waals surface area (Å²) in [6.07, 6.45) is 0. The van der Waals surface area contributed by atoms with Gasteiger partial charge in [-0.15, -0.1) is 0 Å². The van der Waals surface area contributed by atoms with E-state index in [4.69, 9.17) is 5.73 Å². The fraction of sp³-hybridized carbons (Fsp3) is 0.0606. The third-order valence-electron chi connectivity index (χ3n) is 5.35. The van der Waals surface area contributed by atoms with E-state index in [-0.39, 0.29) is 57.0 Å². The van der Waals surface area contributed by atoms with Crippen molar-refractivity contribution in [1.82, 2.24) is 0 Å². The van der Waals surface area contributed by atoms with Gasteiger partial charge in [-0.25, -0.2) is 36.4 Å². The molecule has 0 aliphatic rings. The minimum Gasteiger partial charge on any atom is -0.643 e. The van der Waals surface area contributed by atoms with Gasteiger partial charge in [0.2, 0.25) is 0 Å². The van der Waals surface area contributed by atoms with Gasteiger partial charge in [0.05, 0.1) is 0 Å². The Kier molecular flexibility index (Phi) is 18.8. The molecule has 0 aliphatic heterocycles. The van der Waals surface area contributed by atoms with Crippen LogP contribution in [0.1, 0.15) is 18.5 Å². The molecule has 0 radical (unpaired) electrons. The largest absolute Gasteiger partial charge is 0.643 e. The quantitative estimate of drug-likeness (QED) is 0.160. The van der Waals surface area contributed by atoms with E-state index in [1.807, 2.05) is 121 Å². The van der Waals surface area contributed by atoms with E-state index in [0.29, 0.717) is 0 Å². The normalized spacial score (nSPS) is 9.74. The van der Waals surface area contributed by atoms with Gasteiger partial charge >= 0.3 is 0 Å². The zero-order valence-corrected chi connectivity index (χ0v) is 24.4. The summed E-state index contributed by atoms with van der Waals surface area (Å²) in [7, 11) is 0. The summed E-state index contributed by atoms with van der Waals surface area (Å²) in [6, 6.07) is 49.7. The second-order valence-electron chi connectivity index (χ2n) is 7.90. The molecule has 1 atom stereocenters. The van der Waals surface area contributed by atoms with Crippen LogP contribution >= 0.6 is 0 Å². The monoisotopic (exact) mass is 625 g/mol. The molecule has 2 nitrogen and oxygen atoms in total. The van der Waals surface area contributed by atoms with Crippen molar-refractivity contribution in [3.8, 4) is 22.3 Å². The van der Waals surface area contributed by atoms with Gasteiger partial charge in [-0.2, -0.15) is 66.7 Å². The molecule has 0 fully saturated rings. The molecule has 0 saturated carbocycles. The van der Waals surface area contributed by atoms with Gasteiger partial charge in [-0.1, -0.05) is 12.1 Å². The summed E-state index contributed by atoms with van der Waals surface area (Å²) in [5, 5.41) is 0. The third-order valence-corrected chi connectivity index (χ3v) is 5.35. The van der Waals surface area contributed by atoms with Gasteiger partial charge < -0.3 is 58.3 Å². The van der Waals surface area contributed by atoms with Crippen LogP contribution in [0.25, 0.3) is 22.3 Å². The van der Waals surface area contributed by atoms with Crippen LogP contribution in [-0.4, -0.2) is 5.78 Å². The molecule has 5 heteroatoms. The topological polar surface area (TPSA) is 43.1 Å². The number of ketones is 1. The fourth-order valence-electron chi connectivity index (χ4n) is 3.59. The summed E-state index contributed by atoms with van der Waals surface area (Å²) >= 11 is 0. The van der Waals surface area contributed by atoms with Crippen LogP contribution < -0.4 is 5.73 Å². The minimum absolute atomic E-state index is 0. The first kappa shape index (κ1) is 35.3. The number of carbonyl (C=O) groups is 1. The van der Waals surface area contributed by atoms with Crippen LogP contribution in [0.15, 0.2) is 152 Å². The first-order valence-corrected chi connectivity index (χ1v) is 11.7. The van der Waals surface area contributed by atoms with E-state index in [1.165, 1.54) is 6.92 Å². The van der Waals surface area contributed by atoms with E-state index in [2.05, 4.69) is 30.3 Å². The Labute approximate surface area is 258 Å². The van der Waals surface area contributed by atoms with Crippen molar-refractivity contribution in [1.29, 1.82) is 0 Å². The number of hydrogen-bond acceptors (Lipinski definition) is 2. The molecule has 6 aromatic carbocycles. The van der Waals surface area contributed by atoms with E-state index in [9.17, 15) is 4.79 Å². The molecule has 6 aromatic rings. The van der Waals surface area contributed by atoms with Crippen molar-refractivity contribution in [2.24, 2.45) is 5.73 Å². The maximum absolute atomic E-state index is 11.6. The first-order valence-electron chi connectivity index (χ1n) is 11.7. The number of rotatable bonds is 4. The molecule has 208 valence electrons. The predicted molar refractivity (Wildman–Crippen MR) is 148 cm³/mol. The summed E-state index contributed by atoms with van der Waals surface area (Å²) < 4.78 is 0. The number of hydrogen-bond donors (Lipinski definition) is 1. The maximum atomic E-state index is 11.6. The average Bonchev–Trinajstić information content (AvgIpc) is 3.76. The minimum atomic E-state index is -0.566. The van der Waals surface area contributed by atoms with E-state index in [0.717, 1.165) is 27.8 Å². The first-order chi connectivity index (χ1) is 17.2. The fourth-order valence-corrected chi connectivity index (χ4v) is 3.59. The maximum Gasteiger partial charge on any atom is 0.132 e. The predicted octanol–water partition coefficient (Wildman–Crippen LogP) is 7.98. The molecule has 0 amide bonds. The van der Waals surface area contributed by atoms with Gasteiger partial charge in [0, 0.05) is 57.2 Å². The summed E-state index contributed by atoms with van der Waals surface area (Å²) in [5.41, 5.74) is 11.4. The Bertz CT molecular complexity index is 1140. The summed E-state index contributed by atoms with van der Waals surface area (Å²) in [5.74, 6) is -0.0162. The molecule has 0 heterocycles. The van der Waals surface area contributed by atoms with Crippen molar-refractivity contribution in [3.05, 3.63) is 157 Å². The zero-order valence-electron chi connectivity index (χ0n) is 21.1. The number of carbonyl (C=O) groups excluding carboxylic acids is 1. The van der Waals surface area contributed by atoms with Crippen LogP contribution in [-0.2, 0) is 56.0 Å². The third kappa shape index (κ3) is 11.4. The van der Waals surface area contributed by atoms with Crippen molar-refractivity contribution >= 4 is 5.78 Å². The van der Waals surface area contributed by atoms with E-state index < -0.39 is 6.04 Å². The van der Waals surface area contributed by atoms with Gasteiger partial charge in [0.25, 0.3) is 0 Å². The molecular weight excluding hydrogens is 594 g/mol. The van der Waals surface area contributed by atoms with Crippen molar-refractivity contribution in [3.63, 3.8) is 0 Å². The molecular formula is C33H31Fe3NO-10. The molecule has 0 aliphatic carbocycles. The van der Waals surface area contributed by atoms with Gasteiger partial charge in [0.15, 0.2) is 0 Å². The van der Waals surface area contributed by atoms with Gasteiger partial charge in [-0.3, -0.25) is 16.4 Å². The Morgan fingerprint density at radius 2 is 1.13 bits per heavy atom. The second kappa shape index (κ2) is 20.3. The number of Topliss-reactive ketones (excluding diaryl/α,β-unsaturated/α-hetero) is 1. The number of nitrogens with two attached hydrogens (primary N) is 1. The Balaban J connectivity index is 0.000000620. The molecule has 0 saturated heterocycles. The van der Waals surface area contributed by atoms with Gasteiger partial charge in [0.1, 0.15) is 5.78 Å². The molecule has 1 unspecified atom stereocenters. The van der Waals surface area contributed by atoms with Gasteiger partial charge in [-0.05, 0) is 6.92 Å². The molecule has 0 bridgehead atoms. The van der Waals surface area contributed by atoms with E-state index >= 15 is 0 Å². The molecule has 0 aromatic heterocycles. The van der Waals surface area contributed by atoms with Crippen molar-refractivity contribution in [2.45, 2.75) is 13.0 Å². The summed E-state index contributed by atoms with van der Waals surface area (Å²) in [4.78, 5) is 11.6. The SMILES string of the molecule is CC(=O)C(N)[c-]1ccc(-[c-]2[cH-][cH-][cH-][cH-]2)c1-[c-]1cccc1.[Fe].[Fe].[Fe].c1cc[cH-]c1.c1cc[cH-]c1.c1cc[cH-]c1. The molecule has 38 heavy (non-hydrogen) atoms. The molecule has 0 spiro atoms. The van der Waals surface area contributed by atoms with Crippen LogP contribution in [0.3, 0.4) is 0 Å². The molecule has 6 rings (SSSR count). The average molecular weight is 625 g/mol. The van der Waals surface area contributed by atoms with Crippen molar-refractivity contribution in [2.75, 3.05) is 0 Å². The summed E-state index contributed by atoms with van der Waals surface area (Å²) in [6.45, 7) is 1.54. The second-order valence-corrected chi connectivity index (χ2v) is 7.90. The standard InChI is InChI=1S/C18H16NO.3C5H5.3Fe/c1-12(20)18(19)16-11-10-15(13-6-2-3-7-13)17(16)14-8-4-5-9-14;3*1-2-4-5-3-1;;;/h2-11,18H,19H2,1H3;3*1-5H;;;/q-7;3*-1;;;. The van der Waals surface area contributed by atoms with Crippen LogP contribution in [0.4, 0.5) is 0 Å². The smallest absolute Gasteiger partial charge is 0.132 e.